The van der Waals surface area contributed by atoms with Gasteiger partial charge in [-0.15, -0.1) is 0 Å². The highest BCUT2D eigenvalue weighted by Gasteiger charge is 2.49. The molecule has 1 N–H and O–H groups in total. The number of likely N-dealkylation sites (tertiary alicyclic amines) is 1. The first-order valence-corrected chi connectivity index (χ1v) is 12.5. The van der Waals surface area contributed by atoms with Crippen molar-refractivity contribution in [2.24, 2.45) is 5.41 Å². The van der Waals surface area contributed by atoms with Gasteiger partial charge in [0.2, 0.25) is 5.91 Å². The molecule has 9 nitrogen and oxygen atoms in total. The zero-order chi connectivity index (χ0) is 25.2. The molecule has 3 atom stereocenters. The summed E-state index contributed by atoms with van der Waals surface area (Å²) in [5, 5.41) is 2.95. The molecule has 3 fully saturated rings. The van der Waals surface area contributed by atoms with Crippen LogP contribution in [0.4, 0.5) is 5.69 Å². The van der Waals surface area contributed by atoms with E-state index in [0.717, 1.165) is 45.0 Å². The number of amides is 2. The molecule has 1 unspecified atom stereocenters. The van der Waals surface area contributed by atoms with Crippen molar-refractivity contribution in [3.05, 3.63) is 29.8 Å². The molecule has 192 valence electrons. The van der Waals surface area contributed by atoms with Gasteiger partial charge in [-0.25, -0.2) is 0 Å². The van der Waals surface area contributed by atoms with E-state index >= 15 is 0 Å². The molecule has 0 aliphatic carbocycles. The number of nitrogens with zero attached hydrogens (tertiary/aromatic N) is 3. The lowest BCUT2D eigenvalue weighted by Gasteiger charge is -2.36. The van der Waals surface area contributed by atoms with Crippen LogP contribution >= 0.6 is 0 Å². The first-order chi connectivity index (χ1) is 16.7. The zero-order valence-corrected chi connectivity index (χ0v) is 21.3. The molecule has 3 aliphatic rings. The van der Waals surface area contributed by atoms with Gasteiger partial charge in [0, 0.05) is 57.6 Å². The van der Waals surface area contributed by atoms with Crippen molar-refractivity contribution in [2.75, 3.05) is 64.5 Å². The second-order valence-corrected chi connectivity index (χ2v) is 10.7. The van der Waals surface area contributed by atoms with E-state index in [1.54, 1.807) is 12.0 Å². The fourth-order valence-electron chi connectivity index (χ4n) is 5.14. The number of carbonyl (C=O) groups is 3. The highest BCUT2D eigenvalue weighted by atomic mass is 16.5. The predicted molar refractivity (Wildman–Crippen MR) is 133 cm³/mol. The summed E-state index contributed by atoms with van der Waals surface area (Å²) in [5.74, 6) is -0.575. The Hall–Kier alpha value is -2.49. The Morgan fingerprint density at radius 2 is 1.80 bits per heavy atom. The normalized spacial score (nSPS) is 23.9. The third-order valence-corrected chi connectivity index (χ3v) is 7.26. The number of nitrogens with one attached hydrogen (secondary N) is 1. The number of methoxy groups -OCH3 is 1. The predicted octanol–water partition coefficient (Wildman–Crippen LogP) is 1.17. The number of carbonyl (C=O) groups excluding carboxylic acids is 3. The van der Waals surface area contributed by atoms with Crippen LogP contribution in [0.1, 0.15) is 37.6 Å². The molecule has 3 aliphatic heterocycles. The SMILES string of the molecule is COCCN1CCN(c2ccc(C(=O)NC(C(=O)N3CC[C@H]4OCC(=O)[C@H]43)C(C)(C)C)cc2)CC1. The molecule has 0 saturated carbocycles. The Bertz CT molecular complexity index is 921. The Labute approximate surface area is 207 Å². The molecule has 0 bridgehead atoms. The van der Waals surface area contributed by atoms with Gasteiger partial charge in [-0.1, -0.05) is 20.8 Å². The van der Waals surface area contributed by atoms with Crippen molar-refractivity contribution in [3.63, 3.8) is 0 Å². The third-order valence-electron chi connectivity index (χ3n) is 7.26. The average molecular weight is 487 g/mol. The second-order valence-electron chi connectivity index (χ2n) is 10.7. The van der Waals surface area contributed by atoms with Gasteiger partial charge in [0.1, 0.15) is 18.7 Å². The number of Topliss-reactive ketones (excluding diaryl/α,β-unsaturated/α-hetero) is 1. The van der Waals surface area contributed by atoms with Crippen LogP contribution in [0, 0.1) is 5.41 Å². The number of rotatable bonds is 7. The molecule has 4 rings (SSSR count). The van der Waals surface area contributed by atoms with Gasteiger partial charge in [-0.05, 0) is 36.1 Å². The minimum absolute atomic E-state index is 0.0558. The van der Waals surface area contributed by atoms with Crippen LogP contribution in [0.25, 0.3) is 0 Å². The number of ether oxygens (including phenoxy) is 2. The first kappa shape index (κ1) is 25.6. The van der Waals surface area contributed by atoms with Crippen molar-refractivity contribution in [2.45, 2.75) is 45.4 Å². The van der Waals surface area contributed by atoms with E-state index in [2.05, 4.69) is 15.1 Å². The molecule has 0 radical (unpaired) electrons. The number of anilines is 1. The number of benzene rings is 1. The van der Waals surface area contributed by atoms with Crippen LogP contribution < -0.4 is 10.2 Å². The van der Waals surface area contributed by atoms with Crippen LogP contribution in [-0.2, 0) is 19.1 Å². The van der Waals surface area contributed by atoms with Crippen molar-refractivity contribution >= 4 is 23.3 Å². The summed E-state index contributed by atoms with van der Waals surface area (Å²) in [6.07, 6.45) is 0.423. The van der Waals surface area contributed by atoms with Crippen LogP contribution in [0.15, 0.2) is 24.3 Å². The summed E-state index contributed by atoms with van der Waals surface area (Å²) >= 11 is 0. The fourth-order valence-corrected chi connectivity index (χ4v) is 5.14. The van der Waals surface area contributed by atoms with E-state index in [1.807, 2.05) is 45.0 Å². The largest absolute Gasteiger partial charge is 0.383 e. The zero-order valence-electron chi connectivity index (χ0n) is 21.3. The van der Waals surface area contributed by atoms with E-state index in [0.29, 0.717) is 18.5 Å². The lowest BCUT2D eigenvalue weighted by Crippen LogP contribution is -2.57. The lowest BCUT2D eigenvalue weighted by atomic mass is 9.85. The topological polar surface area (TPSA) is 91.4 Å². The Balaban J connectivity index is 1.39. The summed E-state index contributed by atoms with van der Waals surface area (Å²) in [6.45, 7) is 11.8. The first-order valence-electron chi connectivity index (χ1n) is 12.5. The fraction of sp³-hybridized carbons (Fsp3) is 0.654. The molecule has 1 aromatic carbocycles. The monoisotopic (exact) mass is 486 g/mol. The van der Waals surface area contributed by atoms with Crippen molar-refractivity contribution < 1.29 is 23.9 Å². The molecule has 2 amide bonds. The number of piperazine rings is 1. The van der Waals surface area contributed by atoms with Gasteiger partial charge in [0.05, 0.1) is 12.7 Å². The third kappa shape index (κ3) is 5.68. The van der Waals surface area contributed by atoms with Crippen LogP contribution in [0.3, 0.4) is 0 Å². The summed E-state index contributed by atoms with van der Waals surface area (Å²) in [5.41, 5.74) is 1.07. The second kappa shape index (κ2) is 10.6. The Morgan fingerprint density at radius 1 is 1.11 bits per heavy atom. The molecule has 0 aromatic heterocycles. The maximum absolute atomic E-state index is 13.5. The minimum Gasteiger partial charge on any atom is -0.383 e. The van der Waals surface area contributed by atoms with Gasteiger partial charge < -0.3 is 24.6 Å². The number of hydrogen-bond acceptors (Lipinski definition) is 7. The average Bonchev–Trinajstić information content (AvgIpc) is 3.43. The van der Waals surface area contributed by atoms with Gasteiger partial charge in [0.25, 0.3) is 5.91 Å². The number of fused-ring (bicyclic) bond motifs is 1. The van der Waals surface area contributed by atoms with Crippen molar-refractivity contribution in [3.8, 4) is 0 Å². The van der Waals surface area contributed by atoms with Crippen molar-refractivity contribution in [1.29, 1.82) is 0 Å². The van der Waals surface area contributed by atoms with E-state index in [4.69, 9.17) is 9.47 Å². The summed E-state index contributed by atoms with van der Waals surface area (Å²) in [6, 6.07) is 6.28. The highest BCUT2D eigenvalue weighted by molar-refractivity contribution is 5.99. The maximum atomic E-state index is 13.5. The summed E-state index contributed by atoms with van der Waals surface area (Å²) in [4.78, 5) is 45.2. The Morgan fingerprint density at radius 3 is 2.43 bits per heavy atom. The lowest BCUT2D eigenvalue weighted by molar-refractivity contribution is -0.140. The van der Waals surface area contributed by atoms with Gasteiger partial charge >= 0.3 is 0 Å². The highest BCUT2D eigenvalue weighted by Crippen LogP contribution is 2.30. The van der Waals surface area contributed by atoms with E-state index in [1.165, 1.54) is 0 Å². The molecular formula is C26H38N4O5. The van der Waals surface area contributed by atoms with Gasteiger partial charge in [0.15, 0.2) is 5.78 Å². The van der Waals surface area contributed by atoms with Gasteiger partial charge in [-0.3, -0.25) is 19.3 Å². The smallest absolute Gasteiger partial charge is 0.251 e. The Kier molecular flexibility index (Phi) is 7.78. The van der Waals surface area contributed by atoms with E-state index < -0.39 is 17.5 Å². The molecule has 1 aromatic rings. The molecule has 35 heavy (non-hydrogen) atoms. The summed E-state index contributed by atoms with van der Waals surface area (Å²) < 4.78 is 10.7. The van der Waals surface area contributed by atoms with E-state index in [9.17, 15) is 14.4 Å². The van der Waals surface area contributed by atoms with Gasteiger partial charge in [-0.2, -0.15) is 0 Å². The standard InChI is InChI=1S/C26H38N4O5/c1-26(2,3)23(25(33)30-10-9-21-22(30)20(31)17-35-21)27-24(32)18-5-7-19(8-6-18)29-13-11-28(12-14-29)15-16-34-4/h5-8,21-23H,9-17H2,1-4H3,(H,27,32)/t21-,22-,23?/m1/s1. The molecule has 3 heterocycles. The number of ketones is 1. The molecular weight excluding hydrogens is 448 g/mol. The number of hydrogen-bond donors (Lipinski definition) is 1. The summed E-state index contributed by atoms with van der Waals surface area (Å²) in [7, 11) is 1.72. The minimum atomic E-state index is -0.748. The van der Waals surface area contributed by atoms with Crippen molar-refractivity contribution in [1.82, 2.24) is 15.1 Å². The van der Waals surface area contributed by atoms with Crippen LogP contribution in [-0.4, -0.2) is 105 Å². The molecule has 0 spiro atoms. The van der Waals surface area contributed by atoms with Crippen LogP contribution in [0.5, 0.6) is 0 Å². The van der Waals surface area contributed by atoms with E-state index in [-0.39, 0.29) is 30.3 Å². The van der Waals surface area contributed by atoms with Crippen LogP contribution in [0.2, 0.25) is 0 Å². The quantitative estimate of drug-likeness (QED) is 0.619. The maximum Gasteiger partial charge on any atom is 0.251 e. The molecule has 3 saturated heterocycles. The molecule has 9 heteroatoms.